The first-order valence-corrected chi connectivity index (χ1v) is 4.73. The van der Waals surface area contributed by atoms with Gasteiger partial charge < -0.3 is 9.84 Å². The van der Waals surface area contributed by atoms with Crippen molar-refractivity contribution in [2.75, 3.05) is 6.61 Å². The van der Waals surface area contributed by atoms with E-state index < -0.39 is 5.97 Å². The van der Waals surface area contributed by atoms with Gasteiger partial charge >= 0.3 is 11.9 Å². The molecular weight excluding hydrogens is 196 g/mol. The maximum Gasteiger partial charge on any atom is 0.330 e. The lowest BCUT2D eigenvalue weighted by Crippen LogP contribution is -2.00. The second-order valence-corrected chi connectivity index (χ2v) is 2.56. The van der Waals surface area contributed by atoms with Gasteiger partial charge in [0.15, 0.2) is 0 Å². The van der Waals surface area contributed by atoms with Gasteiger partial charge in [0.1, 0.15) is 0 Å². The molecule has 0 saturated heterocycles. The fourth-order valence-corrected chi connectivity index (χ4v) is 0.519. The number of rotatable bonds is 5. The third-order valence-electron chi connectivity index (χ3n) is 1.22. The number of carbonyl (C=O) groups excluding carboxylic acids is 1. The Labute approximate surface area is 90.2 Å². The van der Waals surface area contributed by atoms with E-state index in [1.54, 1.807) is 6.92 Å². The zero-order valence-corrected chi connectivity index (χ0v) is 9.23. The number of hydrogen-bond donors (Lipinski definition) is 1. The average Bonchev–Trinajstić information content (AvgIpc) is 2.18. The largest absolute Gasteiger partial charge is 0.478 e. The summed E-state index contributed by atoms with van der Waals surface area (Å²) in [6.45, 7) is 7.48. The lowest BCUT2D eigenvalue weighted by atomic mass is 10.4. The average molecular weight is 214 g/mol. The highest BCUT2D eigenvalue weighted by Gasteiger charge is 1.91. The van der Waals surface area contributed by atoms with Crippen LogP contribution in [0.15, 0.2) is 24.8 Å². The fraction of sp³-hybridized carbons (Fsp3) is 0.455. The summed E-state index contributed by atoms with van der Waals surface area (Å²) in [4.78, 5) is 19.9. The van der Waals surface area contributed by atoms with Crippen molar-refractivity contribution < 1.29 is 19.4 Å². The van der Waals surface area contributed by atoms with Gasteiger partial charge in [0.25, 0.3) is 0 Å². The molecule has 0 aliphatic carbocycles. The quantitative estimate of drug-likeness (QED) is 0.432. The van der Waals surface area contributed by atoms with E-state index in [0.717, 1.165) is 18.9 Å². The number of carbonyl (C=O) groups is 2. The van der Waals surface area contributed by atoms with E-state index in [1.807, 2.05) is 6.92 Å². The number of unbranched alkanes of at least 4 members (excludes halogenated alkanes) is 1. The molecule has 0 heterocycles. The van der Waals surface area contributed by atoms with Crippen LogP contribution in [0, 0.1) is 0 Å². The van der Waals surface area contributed by atoms with E-state index in [-0.39, 0.29) is 5.97 Å². The standard InChI is InChI=1S/C7H12O2.C4H6O2/c1-3-5-6-9-7(8)4-2;1-2-3-4(5)6/h4H,2-3,5-6H2,1H3;2-3H,1H3,(H,5,6). The molecular formula is C11H18O4. The molecule has 0 aliphatic heterocycles. The maximum atomic E-state index is 10.3. The lowest BCUT2D eigenvalue weighted by Gasteiger charge is -1.97. The maximum absolute atomic E-state index is 10.3. The van der Waals surface area contributed by atoms with Gasteiger partial charge in [0.05, 0.1) is 6.61 Å². The Bertz CT molecular complexity index is 219. The molecule has 0 unspecified atom stereocenters. The van der Waals surface area contributed by atoms with Gasteiger partial charge in [-0.25, -0.2) is 9.59 Å². The van der Waals surface area contributed by atoms with Crippen molar-refractivity contribution in [1.82, 2.24) is 0 Å². The van der Waals surface area contributed by atoms with Gasteiger partial charge in [0.2, 0.25) is 0 Å². The molecule has 1 N–H and O–H groups in total. The predicted molar refractivity (Wildman–Crippen MR) is 58.5 cm³/mol. The molecule has 4 heteroatoms. The Kier molecular flexibility index (Phi) is 13.1. The molecule has 0 radical (unpaired) electrons. The molecule has 0 rings (SSSR count). The monoisotopic (exact) mass is 214 g/mol. The number of allylic oxidation sites excluding steroid dienone is 1. The summed E-state index contributed by atoms with van der Waals surface area (Å²) in [5.74, 6) is -1.22. The van der Waals surface area contributed by atoms with Crippen LogP contribution in [0.25, 0.3) is 0 Å². The zero-order chi connectivity index (χ0) is 12.1. The Balaban J connectivity index is 0. The highest BCUT2D eigenvalue weighted by molar-refractivity contribution is 5.81. The number of carboxylic acid groups (broad SMARTS) is 1. The molecule has 0 aromatic heterocycles. The lowest BCUT2D eigenvalue weighted by molar-refractivity contribution is -0.137. The molecule has 0 bridgehead atoms. The van der Waals surface area contributed by atoms with Gasteiger partial charge in [-0.15, -0.1) is 0 Å². The number of aliphatic carboxylic acids is 1. The molecule has 0 amide bonds. The van der Waals surface area contributed by atoms with Crippen molar-refractivity contribution in [3.05, 3.63) is 24.8 Å². The molecule has 0 atom stereocenters. The van der Waals surface area contributed by atoms with Crippen molar-refractivity contribution in [3.8, 4) is 0 Å². The zero-order valence-electron chi connectivity index (χ0n) is 9.23. The molecule has 15 heavy (non-hydrogen) atoms. The smallest absolute Gasteiger partial charge is 0.330 e. The number of hydrogen-bond acceptors (Lipinski definition) is 3. The Morgan fingerprint density at radius 3 is 2.33 bits per heavy atom. The van der Waals surface area contributed by atoms with Crippen LogP contribution in [0.5, 0.6) is 0 Å². The highest BCUT2D eigenvalue weighted by Crippen LogP contribution is 1.88. The van der Waals surface area contributed by atoms with Gasteiger partial charge in [0, 0.05) is 12.2 Å². The van der Waals surface area contributed by atoms with Gasteiger partial charge in [-0.05, 0) is 13.3 Å². The van der Waals surface area contributed by atoms with Crippen LogP contribution >= 0.6 is 0 Å². The van der Waals surface area contributed by atoms with Crippen LogP contribution in [0.2, 0.25) is 0 Å². The van der Waals surface area contributed by atoms with Crippen LogP contribution in [0.3, 0.4) is 0 Å². The summed E-state index contributed by atoms with van der Waals surface area (Å²) in [6, 6.07) is 0. The summed E-state index contributed by atoms with van der Waals surface area (Å²) in [5, 5.41) is 7.83. The Morgan fingerprint density at radius 1 is 1.47 bits per heavy atom. The molecule has 0 aliphatic rings. The normalized spacial score (nSPS) is 8.93. The molecule has 0 aromatic rings. The summed E-state index contributed by atoms with van der Waals surface area (Å²) < 4.78 is 4.67. The second-order valence-electron chi connectivity index (χ2n) is 2.56. The highest BCUT2D eigenvalue weighted by atomic mass is 16.5. The van der Waals surface area contributed by atoms with E-state index in [4.69, 9.17) is 5.11 Å². The molecule has 0 spiro atoms. The minimum Gasteiger partial charge on any atom is -0.478 e. The second kappa shape index (κ2) is 12.4. The van der Waals surface area contributed by atoms with Crippen LogP contribution in [-0.2, 0) is 14.3 Å². The number of esters is 1. The van der Waals surface area contributed by atoms with Crippen molar-refractivity contribution in [2.24, 2.45) is 0 Å². The van der Waals surface area contributed by atoms with Crippen LogP contribution in [0.4, 0.5) is 0 Å². The minimum atomic E-state index is -0.891. The topological polar surface area (TPSA) is 63.6 Å². The van der Waals surface area contributed by atoms with E-state index in [1.165, 1.54) is 12.2 Å². The molecule has 4 nitrogen and oxygen atoms in total. The summed E-state index contributed by atoms with van der Waals surface area (Å²) in [7, 11) is 0. The van der Waals surface area contributed by atoms with E-state index in [0.29, 0.717) is 6.61 Å². The van der Waals surface area contributed by atoms with Crippen molar-refractivity contribution in [1.29, 1.82) is 0 Å². The molecule has 86 valence electrons. The van der Waals surface area contributed by atoms with Crippen LogP contribution in [-0.4, -0.2) is 23.7 Å². The minimum absolute atomic E-state index is 0.330. The third-order valence-corrected chi connectivity index (χ3v) is 1.22. The van der Waals surface area contributed by atoms with Crippen molar-refractivity contribution >= 4 is 11.9 Å². The predicted octanol–water partition coefficient (Wildman–Crippen LogP) is 2.16. The van der Waals surface area contributed by atoms with Crippen LogP contribution < -0.4 is 0 Å². The SMILES string of the molecule is C=CC(=O)OCCCC.CC=CC(=O)O. The fourth-order valence-electron chi connectivity index (χ4n) is 0.519. The molecule has 0 fully saturated rings. The first-order chi connectivity index (χ1) is 7.08. The summed E-state index contributed by atoms with van der Waals surface area (Å²) >= 11 is 0. The van der Waals surface area contributed by atoms with Gasteiger partial charge in [-0.1, -0.05) is 26.0 Å². The number of ether oxygens (including phenoxy) is 1. The van der Waals surface area contributed by atoms with E-state index >= 15 is 0 Å². The molecule has 0 saturated carbocycles. The van der Waals surface area contributed by atoms with Crippen molar-refractivity contribution in [2.45, 2.75) is 26.7 Å². The van der Waals surface area contributed by atoms with E-state index in [9.17, 15) is 9.59 Å². The first-order valence-electron chi connectivity index (χ1n) is 4.73. The number of carboxylic acids is 1. The van der Waals surface area contributed by atoms with Crippen molar-refractivity contribution in [3.63, 3.8) is 0 Å². The molecule has 0 aromatic carbocycles. The summed E-state index contributed by atoms with van der Waals surface area (Å²) in [5.41, 5.74) is 0. The Hall–Kier alpha value is -1.58. The summed E-state index contributed by atoms with van der Waals surface area (Å²) in [6.07, 6.45) is 5.71. The Morgan fingerprint density at radius 2 is 2.07 bits per heavy atom. The van der Waals surface area contributed by atoms with Gasteiger partial charge in [-0.3, -0.25) is 0 Å². The van der Waals surface area contributed by atoms with E-state index in [2.05, 4.69) is 11.3 Å². The van der Waals surface area contributed by atoms with Gasteiger partial charge in [-0.2, -0.15) is 0 Å². The third kappa shape index (κ3) is 19.0. The first kappa shape index (κ1) is 15.9. The van der Waals surface area contributed by atoms with Crippen LogP contribution in [0.1, 0.15) is 26.7 Å².